The van der Waals surface area contributed by atoms with E-state index in [1.165, 1.54) is 7.11 Å². The average molecular weight is 594 g/mol. The van der Waals surface area contributed by atoms with Crippen molar-refractivity contribution in [3.63, 3.8) is 0 Å². The van der Waals surface area contributed by atoms with Gasteiger partial charge in [0.2, 0.25) is 0 Å². The number of carbonyl (C=O) groups is 2. The number of hydrogen-bond acceptors (Lipinski definition) is 7. The minimum Gasteiger partial charge on any atom is -0.503 e. The second kappa shape index (κ2) is 12.3. The number of nitrogens with one attached hydrogen (secondary N) is 1. The largest absolute Gasteiger partial charge is 0.503 e. The maximum Gasteiger partial charge on any atom is 0.336 e. The predicted molar refractivity (Wildman–Crippen MR) is 157 cm³/mol. The summed E-state index contributed by atoms with van der Waals surface area (Å²) in [4.78, 5) is 27.4. The fourth-order valence-corrected chi connectivity index (χ4v) is 5.76. The van der Waals surface area contributed by atoms with E-state index in [9.17, 15) is 14.7 Å². The molecule has 0 amide bonds. The van der Waals surface area contributed by atoms with E-state index in [2.05, 4.69) is 5.32 Å². The van der Waals surface area contributed by atoms with Gasteiger partial charge in [-0.3, -0.25) is 4.79 Å². The molecule has 0 unspecified atom stereocenters. The highest BCUT2D eigenvalue weighted by Gasteiger charge is 2.42. The summed E-state index contributed by atoms with van der Waals surface area (Å²) in [6.45, 7) is 1.95. The lowest BCUT2D eigenvalue weighted by Gasteiger charge is -2.37. The molecule has 3 aromatic carbocycles. The first-order valence-corrected chi connectivity index (χ1v) is 13.9. The van der Waals surface area contributed by atoms with Gasteiger partial charge in [0.05, 0.1) is 17.7 Å². The molecule has 0 radical (unpaired) electrons. The maximum absolute atomic E-state index is 13.8. The van der Waals surface area contributed by atoms with E-state index in [0.29, 0.717) is 34.0 Å². The van der Waals surface area contributed by atoms with Crippen LogP contribution in [0.1, 0.15) is 42.7 Å². The van der Waals surface area contributed by atoms with Gasteiger partial charge in [-0.1, -0.05) is 53.5 Å². The molecular formula is C32H29Cl2NO6. The zero-order valence-electron chi connectivity index (χ0n) is 22.6. The van der Waals surface area contributed by atoms with Crippen LogP contribution in [0.3, 0.4) is 0 Å². The highest BCUT2D eigenvalue weighted by Crippen LogP contribution is 2.48. The number of carbonyl (C=O) groups excluding carboxylic acids is 2. The highest BCUT2D eigenvalue weighted by atomic mass is 35.5. The summed E-state index contributed by atoms with van der Waals surface area (Å²) in [6.07, 6.45) is 0.820. The number of halogens is 2. The maximum atomic E-state index is 13.8. The van der Waals surface area contributed by atoms with Gasteiger partial charge in [0.25, 0.3) is 0 Å². The molecule has 1 aliphatic heterocycles. The number of esters is 1. The number of phenols is 1. The molecule has 41 heavy (non-hydrogen) atoms. The number of ketones is 1. The fraction of sp³-hybridized carbons (Fsp3) is 0.250. The van der Waals surface area contributed by atoms with Crippen LogP contribution in [0, 0.1) is 0 Å². The number of hydrogen-bond donors (Lipinski definition) is 2. The van der Waals surface area contributed by atoms with Crippen molar-refractivity contribution >= 4 is 35.0 Å². The van der Waals surface area contributed by atoms with Gasteiger partial charge in [-0.25, -0.2) is 4.79 Å². The number of rotatable bonds is 8. The van der Waals surface area contributed by atoms with Crippen molar-refractivity contribution < 1.29 is 28.9 Å². The van der Waals surface area contributed by atoms with Crippen molar-refractivity contribution in [1.82, 2.24) is 5.32 Å². The third kappa shape index (κ3) is 6.06. The number of dihydropyridines is 1. The van der Waals surface area contributed by atoms with Gasteiger partial charge in [-0.2, -0.15) is 0 Å². The molecule has 5 rings (SSSR count). The van der Waals surface area contributed by atoms with Crippen LogP contribution >= 0.6 is 23.2 Å². The zero-order chi connectivity index (χ0) is 29.1. The van der Waals surface area contributed by atoms with Crippen LogP contribution in [0.4, 0.5) is 0 Å². The molecule has 0 spiro atoms. The van der Waals surface area contributed by atoms with Gasteiger partial charge in [0, 0.05) is 34.3 Å². The first kappa shape index (κ1) is 28.6. The number of para-hydroxylation sites is 1. The van der Waals surface area contributed by atoms with E-state index in [4.69, 9.17) is 37.4 Å². The summed E-state index contributed by atoms with van der Waals surface area (Å²) in [6, 6.07) is 19.9. The lowest BCUT2D eigenvalue weighted by Crippen LogP contribution is -2.36. The normalized spacial score (nSPS) is 18.5. The second-order valence-corrected chi connectivity index (χ2v) is 10.8. The summed E-state index contributed by atoms with van der Waals surface area (Å²) in [7, 11) is 1.41. The second-order valence-electron chi connectivity index (χ2n) is 9.92. The third-order valence-electron chi connectivity index (χ3n) is 7.32. The van der Waals surface area contributed by atoms with Crippen LogP contribution in [0.15, 0.2) is 89.3 Å². The van der Waals surface area contributed by atoms with Crippen LogP contribution < -0.4 is 14.8 Å². The van der Waals surface area contributed by atoms with Gasteiger partial charge in [-0.15, -0.1) is 0 Å². The van der Waals surface area contributed by atoms with Gasteiger partial charge in [0.1, 0.15) is 19.0 Å². The molecule has 7 nitrogen and oxygen atoms in total. The van der Waals surface area contributed by atoms with Crippen molar-refractivity contribution in [2.75, 3.05) is 20.3 Å². The molecule has 2 aliphatic rings. The first-order chi connectivity index (χ1) is 19.8. The van der Waals surface area contributed by atoms with E-state index in [0.717, 1.165) is 11.3 Å². The van der Waals surface area contributed by atoms with Crippen LogP contribution in [-0.4, -0.2) is 37.2 Å². The fourth-order valence-electron chi connectivity index (χ4n) is 5.42. The minimum absolute atomic E-state index is 0.00930. The monoisotopic (exact) mass is 593 g/mol. The Kier molecular flexibility index (Phi) is 8.57. The third-order valence-corrected chi connectivity index (χ3v) is 7.86. The summed E-state index contributed by atoms with van der Waals surface area (Å²) >= 11 is 12.4. The number of Topliss-reactive ketones (excluding diaryl/α,β-unsaturated/α-hetero) is 1. The van der Waals surface area contributed by atoms with Crippen LogP contribution in [-0.2, 0) is 14.3 Å². The van der Waals surface area contributed by atoms with Crippen LogP contribution in [0.5, 0.6) is 17.2 Å². The molecule has 212 valence electrons. The number of ether oxygens (including phenoxy) is 3. The van der Waals surface area contributed by atoms with Gasteiger partial charge < -0.3 is 24.6 Å². The molecule has 0 saturated heterocycles. The van der Waals surface area contributed by atoms with Crippen molar-refractivity contribution in [3.05, 3.63) is 110 Å². The van der Waals surface area contributed by atoms with Crippen molar-refractivity contribution in [1.29, 1.82) is 0 Å². The van der Waals surface area contributed by atoms with E-state index in [-0.39, 0.29) is 53.4 Å². The summed E-state index contributed by atoms with van der Waals surface area (Å²) < 4.78 is 16.6. The first-order valence-electron chi connectivity index (χ1n) is 13.2. The molecule has 1 aliphatic carbocycles. The molecule has 0 aromatic heterocycles. The Bertz CT molecular complexity index is 1530. The molecule has 2 atom stereocenters. The summed E-state index contributed by atoms with van der Waals surface area (Å²) in [5, 5.41) is 14.4. The van der Waals surface area contributed by atoms with Gasteiger partial charge >= 0.3 is 5.97 Å². The zero-order valence-corrected chi connectivity index (χ0v) is 24.1. The van der Waals surface area contributed by atoms with E-state index in [1.54, 1.807) is 19.1 Å². The topological polar surface area (TPSA) is 94.1 Å². The standard InChI is InChI=1S/C32H29Cl2NO6/c1-18-28(32(38)41-13-12-40-23-6-4-3-5-7-23)29(21-14-24(34)31(37)27(17-21)39-2)30-25(35-18)15-20(16-26(30)36)19-8-10-22(33)11-9-19/h3-11,14,17,20,29,35,37H,12-13,15-16H2,1-2H3/t20-,29-/m1/s1. The molecule has 2 N–H and O–H groups in total. The number of aromatic hydroxyl groups is 1. The smallest absolute Gasteiger partial charge is 0.336 e. The van der Waals surface area contributed by atoms with Crippen molar-refractivity contribution in [2.45, 2.75) is 31.6 Å². The molecule has 9 heteroatoms. The average Bonchev–Trinajstić information content (AvgIpc) is 2.96. The van der Waals surface area contributed by atoms with Gasteiger partial charge in [0.15, 0.2) is 17.3 Å². The number of allylic oxidation sites excluding steroid dienone is 3. The van der Waals surface area contributed by atoms with E-state index < -0.39 is 11.9 Å². The minimum atomic E-state index is -0.778. The Balaban J connectivity index is 1.48. The van der Waals surface area contributed by atoms with Crippen LogP contribution in [0.2, 0.25) is 10.0 Å². The van der Waals surface area contributed by atoms with E-state index >= 15 is 0 Å². The molecule has 0 bridgehead atoms. The van der Waals surface area contributed by atoms with E-state index in [1.807, 2.05) is 54.6 Å². The Labute approximate surface area is 248 Å². The van der Waals surface area contributed by atoms with Crippen molar-refractivity contribution in [2.24, 2.45) is 0 Å². The molecule has 0 saturated carbocycles. The molecule has 0 fully saturated rings. The molecule has 1 heterocycles. The SMILES string of the molecule is COc1cc([C@@H]2C(C(=O)OCCOc3ccccc3)=C(C)NC3=C2C(=O)C[C@H](c2ccc(Cl)cc2)C3)cc(Cl)c1O. The lowest BCUT2D eigenvalue weighted by atomic mass is 9.71. The number of phenolic OH excluding ortho intramolecular Hbond substituents is 1. The molecule has 3 aromatic rings. The Hall–Kier alpha value is -3.94. The predicted octanol–water partition coefficient (Wildman–Crippen LogP) is 6.69. The quantitative estimate of drug-likeness (QED) is 0.222. The molecular weight excluding hydrogens is 565 g/mol. The van der Waals surface area contributed by atoms with Gasteiger partial charge in [-0.05, 0) is 66.8 Å². The Morgan fingerprint density at radius 3 is 2.44 bits per heavy atom. The Morgan fingerprint density at radius 1 is 1.00 bits per heavy atom. The van der Waals surface area contributed by atoms with Crippen LogP contribution in [0.25, 0.3) is 0 Å². The Morgan fingerprint density at radius 2 is 1.73 bits per heavy atom. The van der Waals surface area contributed by atoms with Crippen molar-refractivity contribution in [3.8, 4) is 17.2 Å². The highest BCUT2D eigenvalue weighted by molar-refractivity contribution is 6.32. The number of benzene rings is 3. The number of methoxy groups -OCH3 is 1. The lowest BCUT2D eigenvalue weighted by molar-refractivity contribution is -0.140. The summed E-state index contributed by atoms with van der Waals surface area (Å²) in [5.41, 5.74) is 3.59. The summed E-state index contributed by atoms with van der Waals surface area (Å²) in [5.74, 6) is -0.935.